The summed E-state index contributed by atoms with van der Waals surface area (Å²) in [6.07, 6.45) is 2.47. The molecule has 132 valence electrons. The molecule has 2 N–H and O–H groups in total. The number of nitrogens with zero attached hydrogens (tertiary/aromatic N) is 1. The van der Waals surface area contributed by atoms with Crippen LogP contribution in [0.15, 0.2) is 47.4 Å². The van der Waals surface area contributed by atoms with Gasteiger partial charge in [-0.1, -0.05) is 36.8 Å². The Labute approximate surface area is 146 Å². The van der Waals surface area contributed by atoms with Crippen LogP contribution in [0.4, 0.5) is 0 Å². The van der Waals surface area contributed by atoms with E-state index in [0.717, 1.165) is 17.5 Å². The summed E-state index contributed by atoms with van der Waals surface area (Å²) in [7, 11) is 0. The average Bonchev–Trinajstić information content (AvgIpc) is 2.59. The number of aromatic nitrogens is 1. The van der Waals surface area contributed by atoms with E-state index in [9.17, 15) is 14.4 Å². The molecule has 0 aliphatic carbocycles. The summed E-state index contributed by atoms with van der Waals surface area (Å²) >= 11 is 0. The van der Waals surface area contributed by atoms with Gasteiger partial charge < -0.3 is 15.2 Å². The van der Waals surface area contributed by atoms with Crippen LogP contribution in [0.5, 0.6) is 0 Å². The summed E-state index contributed by atoms with van der Waals surface area (Å²) in [4.78, 5) is 36.3. The van der Waals surface area contributed by atoms with E-state index >= 15 is 0 Å². The van der Waals surface area contributed by atoms with E-state index in [4.69, 9.17) is 0 Å². The minimum Gasteiger partial charge on any atom is -0.355 e. The van der Waals surface area contributed by atoms with Crippen LogP contribution in [0.2, 0.25) is 0 Å². The summed E-state index contributed by atoms with van der Waals surface area (Å²) in [6.45, 7) is 4.73. The summed E-state index contributed by atoms with van der Waals surface area (Å²) in [5, 5.41) is 5.15. The fraction of sp³-hybridized carbons (Fsp3) is 0.316. The molecule has 0 spiro atoms. The van der Waals surface area contributed by atoms with Gasteiger partial charge >= 0.3 is 0 Å². The van der Waals surface area contributed by atoms with Gasteiger partial charge in [0.1, 0.15) is 5.56 Å². The minimum absolute atomic E-state index is 0.0263. The predicted octanol–water partition coefficient (Wildman–Crippen LogP) is 1.46. The monoisotopic (exact) mass is 341 g/mol. The van der Waals surface area contributed by atoms with Gasteiger partial charge in [0, 0.05) is 12.7 Å². The zero-order chi connectivity index (χ0) is 18.2. The van der Waals surface area contributed by atoms with E-state index in [1.54, 1.807) is 12.3 Å². The van der Waals surface area contributed by atoms with Gasteiger partial charge in [0.05, 0.1) is 13.1 Å². The van der Waals surface area contributed by atoms with E-state index in [-0.39, 0.29) is 23.6 Å². The molecule has 0 bridgehead atoms. The van der Waals surface area contributed by atoms with Crippen LogP contribution in [0.3, 0.4) is 0 Å². The molecule has 1 aromatic carbocycles. The second kappa shape index (κ2) is 8.82. The Balaban J connectivity index is 2.08. The number of hydrogen-bond donors (Lipinski definition) is 2. The van der Waals surface area contributed by atoms with Gasteiger partial charge in [-0.25, -0.2) is 0 Å². The number of carbonyl (C=O) groups is 2. The van der Waals surface area contributed by atoms with Crippen molar-refractivity contribution in [3.63, 3.8) is 0 Å². The molecule has 6 nitrogen and oxygen atoms in total. The van der Waals surface area contributed by atoms with Crippen LogP contribution >= 0.6 is 0 Å². The Bertz CT molecular complexity index is 812. The number of carbonyl (C=O) groups excluding carboxylic acids is 2. The largest absolute Gasteiger partial charge is 0.355 e. The van der Waals surface area contributed by atoms with Crippen molar-refractivity contribution in [1.29, 1.82) is 0 Å². The smallest absolute Gasteiger partial charge is 0.263 e. The minimum atomic E-state index is -0.546. The van der Waals surface area contributed by atoms with Gasteiger partial charge in [-0.3, -0.25) is 14.4 Å². The number of nitrogens with one attached hydrogen (secondary N) is 2. The van der Waals surface area contributed by atoms with Gasteiger partial charge in [0.2, 0.25) is 5.91 Å². The van der Waals surface area contributed by atoms with Crippen molar-refractivity contribution in [3.05, 3.63) is 69.6 Å². The first-order chi connectivity index (χ1) is 12.0. The number of amides is 2. The highest BCUT2D eigenvalue weighted by Crippen LogP contribution is 2.05. The maximum absolute atomic E-state index is 12.5. The molecule has 2 aromatic rings. The zero-order valence-electron chi connectivity index (χ0n) is 14.5. The lowest BCUT2D eigenvalue weighted by molar-refractivity contribution is -0.120. The summed E-state index contributed by atoms with van der Waals surface area (Å²) < 4.78 is 1.49. The van der Waals surface area contributed by atoms with E-state index < -0.39 is 5.91 Å². The normalized spacial score (nSPS) is 10.3. The molecule has 0 radical (unpaired) electrons. The molecule has 0 saturated heterocycles. The molecular formula is C19H23N3O3. The van der Waals surface area contributed by atoms with Gasteiger partial charge in [0.25, 0.3) is 11.5 Å². The fourth-order valence-corrected chi connectivity index (χ4v) is 2.42. The van der Waals surface area contributed by atoms with E-state index in [0.29, 0.717) is 13.1 Å². The first-order valence-electron chi connectivity index (χ1n) is 8.31. The highest BCUT2D eigenvalue weighted by atomic mass is 16.2. The first-order valence-corrected chi connectivity index (χ1v) is 8.31. The van der Waals surface area contributed by atoms with E-state index in [1.165, 1.54) is 10.6 Å². The van der Waals surface area contributed by atoms with Crippen molar-refractivity contribution in [2.24, 2.45) is 0 Å². The molecule has 25 heavy (non-hydrogen) atoms. The van der Waals surface area contributed by atoms with Crippen LogP contribution in [0.25, 0.3) is 0 Å². The number of aryl methyl sites for hydroxylation is 1. The third-order valence-corrected chi connectivity index (χ3v) is 3.68. The lowest BCUT2D eigenvalue weighted by Crippen LogP contribution is -2.39. The molecular weight excluding hydrogens is 318 g/mol. The van der Waals surface area contributed by atoms with Crippen LogP contribution < -0.4 is 16.2 Å². The Kier molecular flexibility index (Phi) is 6.51. The average molecular weight is 341 g/mol. The number of benzene rings is 1. The van der Waals surface area contributed by atoms with Crippen LogP contribution in [-0.4, -0.2) is 29.5 Å². The Hall–Kier alpha value is -2.89. The molecule has 0 saturated carbocycles. The molecule has 0 aliphatic rings. The van der Waals surface area contributed by atoms with Crippen molar-refractivity contribution in [2.45, 2.75) is 26.8 Å². The van der Waals surface area contributed by atoms with Crippen molar-refractivity contribution in [3.8, 4) is 0 Å². The second-order valence-electron chi connectivity index (χ2n) is 5.88. The van der Waals surface area contributed by atoms with Crippen LogP contribution in [-0.2, 0) is 11.3 Å². The predicted molar refractivity (Wildman–Crippen MR) is 96.6 cm³/mol. The molecule has 2 rings (SSSR count). The molecule has 6 heteroatoms. The first kappa shape index (κ1) is 18.4. The second-order valence-corrected chi connectivity index (χ2v) is 5.88. The molecule has 1 heterocycles. The third-order valence-electron chi connectivity index (χ3n) is 3.68. The summed E-state index contributed by atoms with van der Waals surface area (Å²) in [6, 6.07) is 11.0. The lowest BCUT2D eigenvalue weighted by atomic mass is 10.1. The molecule has 0 atom stereocenters. The third kappa shape index (κ3) is 5.31. The van der Waals surface area contributed by atoms with Crippen molar-refractivity contribution in [1.82, 2.24) is 15.2 Å². The van der Waals surface area contributed by atoms with Crippen molar-refractivity contribution < 1.29 is 9.59 Å². The SMILES string of the molecule is CCCNC(=O)CNC(=O)c1cccn(Cc2cccc(C)c2)c1=O. The lowest BCUT2D eigenvalue weighted by Gasteiger charge is -2.09. The molecule has 0 fully saturated rings. The van der Waals surface area contributed by atoms with Crippen molar-refractivity contribution >= 4 is 11.8 Å². The van der Waals surface area contributed by atoms with Crippen LogP contribution in [0, 0.1) is 6.92 Å². The Morgan fingerprint density at radius 3 is 2.64 bits per heavy atom. The van der Waals surface area contributed by atoms with Gasteiger partial charge in [0.15, 0.2) is 0 Å². The van der Waals surface area contributed by atoms with Gasteiger partial charge in [-0.05, 0) is 31.0 Å². The van der Waals surface area contributed by atoms with Crippen LogP contribution in [0.1, 0.15) is 34.8 Å². The molecule has 0 unspecified atom stereocenters. The van der Waals surface area contributed by atoms with Gasteiger partial charge in [-0.15, -0.1) is 0 Å². The molecule has 0 aliphatic heterocycles. The zero-order valence-corrected chi connectivity index (χ0v) is 14.5. The number of rotatable bonds is 7. The quantitative estimate of drug-likeness (QED) is 0.800. The highest BCUT2D eigenvalue weighted by Gasteiger charge is 2.13. The molecule has 1 aromatic heterocycles. The number of pyridine rings is 1. The van der Waals surface area contributed by atoms with E-state index in [2.05, 4.69) is 10.6 Å². The van der Waals surface area contributed by atoms with Gasteiger partial charge in [-0.2, -0.15) is 0 Å². The van der Waals surface area contributed by atoms with E-state index in [1.807, 2.05) is 38.1 Å². The summed E-state index contributed by atoms with van der Waals surface area (Å²) in [5.74, 6) is -0.818. The topological polar surface area (TPSA) is 80.2 Å². The standard InChI is InChI=1S/C19H23N3O3/c1-3-9-20-17(23)12-21-18(24)16-8-5-10-22(19(16)25)13-15-7-4-6-14(2)11-15/h4-8,10-11H,3,9,12-13H2,1-2H3,(H,20,23)(H,21,24). The maximum atomic E-state index is 12.5. The fourth-order valence-electron chi connectivity index (χ4n) is 2.42. The maximum Gasteiger partial charge on any atom is 0.263 e. The Morgan fingerprint density at radius 1 is 1.12 bits per heavy atom. The molecule has 2 amide bonds. The Morgan fingerprint density at radius 2 is 1.92 bits per heavy atom. The number of hydrogen-bond acceptors (Lipinski definition) is 3. The summed E-state index contributed by atoms with van der Waals surface area (Å²) in [5.41, 5.74) is 1.74. The van der Waals surface area contributed by atoms with Crippen molar-refractivity contribution in [2.75, 3.05) is 13.1 Å². The highest BCUT2D eigenvalue weighted by molar-refractivity contribution is 5.96.